The summed E-state index contributed by atoms with van der Waals surface area (Å²) in [6.45, 7) is 0.750. The van der Waals surface area contributed by atoms with Gasteiger partial charge in [-0.2, -0.15) is 0 Å². The van der Waals surface area contributed by atoms with Gasteiger partial charge in [0.25, 0.3) is 0 Å². The SMILES string of the molecule is COc1ccccc1NC(=O)Nc1ccc(N2CCCCC2=O)cc1. The third-order valence-corrected chi connectivity index (χ3v) is 4.12. The van der Waals surface area contributed by atoms with Crippen molar-refractivity contribution in [2.24, 2.45) is 0 Å². The fourth-order valence-corrected chi connectivity index (χ4v) is 2.84. The molecule has 3 rings (SSSR count). The van der Waals surface area contributed by atoms with Crippen molar-refractivity contribution in [3.63, 3.8) is 0 Å². The van der Waals surface area contributed by atoms with Crippen LogP contribution in [0.3, 0.4) is 0 Å². The van der Waals surface area contributed by atoms with Gasteiger partial charge in [0.1, 0.15) is 5.75 Å². The van der Waals surface area contributed by atoms with E-state index in [1.807, 2.05) is 24.3 Å². The summed E-state index contributed by atoms with van der Waals surface area (Å²) in [6.07, 6.45) is 2.58. The molecule has 0 aliphatic carbocycles. The number of benzene rings is 2. The average Bonchev–Trinajstić information content (AvgIpc) is 2.63. The zero-order valence-corrected chi connectivity index (χ0v) is 14.1. The second-order valence-electron chi connectivity index (χ2n) is 5.83. The monoisotopic (exact) mass is 339 g/mol. The van der Waals surface area contributed by atoms with E-state index in [1.165, 1.54) is 0 Å². The van der Waals surface area contributed by atoms with Crippen molar-refractivity contribution in [3.8, 4) is 5.75 Å². The van der Waals surface area contributed by atoms with E-state index in [9.17, 15) is 9.59 Å². The fraction of sp³-hybridized carbons (Fsp3) is 0.263. The molecular weight excluding hydrogens is 318 g/mol. The minimum Gasteiger partial charge on any atom is -0.495 e. The van der Waals surface area contributed by atoms with E-state index in [4.69, 9.17) is 4.74 Å². The van der Waals surface area contributed by atoms with Gasteiger partial charge in [0.2, 0.25) is 5.91 Å². The highest BCUT2D eigenvalue weighted by molar-refractivity contribution is 6.01. The molecule has 6 heteroatoms. The number of para-hydroxylation sites is 2. The Hall–Kier alpha value is -3.02. The maximum atomic E-state index is 12.1. The first kappa shape index (κ1) is 16.8. The van der Waals surface area contributed by atoms with Gasteiger partial charge in [-0.1, -0.05) is 12.1 Å². The highest BCUT2D eigenvalue weighted by atomic mass is 16.5. The van der Waals surface area contributed by atoms with Crippen LogP contribution in [-0.2, 0) is 4.79 Å². The summed E-state index contributed by atoms with van der Waals surface area (Å²) in [6, 6.07) is 14.1. The topological polar surface area (TPSA) is 70.7 Å². The molecule has 2 N–H and O–H groups in total. The third-order valence-electron chi connectivity index (χ3n) is 4.12. The fourth-order valence-electron chi connectivity index (χ4n) is 2.84. The number of hydrogen-bond donors (Lipinski definition) is 2. The number of rotatable bonds is 4. The van der Waals surface area contributed by atoms with Gasteiger partial charge in [0, 0.05) is 24.3 Å². The molecule has 0 bridgehead atoms. The summed E-state index contributed by atoms with van der Waals surface area (Å²) in [4.78, 5) is 25.9. The highest BCUT2D eigenvalue weighted by Crippen LogP contribution is 2.24. The maximum absolute atomic E-state index is 12.1. The second-order valence-corrected chi connectivity index (χ2v) is 5.83. The number of amides is 3. The van der Waals surface area contributed by atoms with E-state index in [1.54, 1.807) is 36.3 Å². The summed E-state index contributed by atoms with van der Waals surface area (Å²) in [5, 5.41) is 5.53. The van der Waals surface area contributed by atoms with Crippen LogP contribution in [0.1, 0.15) is 19.3 Å². The van der Waals surface area contributed by atoms with Crippen molar-refractivity contribution >= 4 is 29.0 Å². The van der Waals surface area contributed by atoms with Crippen LogP contribution in [0.2, 0.25) is 0 Å². The zero-order chi connectivity index (χ0) is 17.6. The highest BCUT2D eigenvalue weighted by Gasteiger charge is 2.19. The molecule has 2 aromatic carbocycles. The van der Waals surface area contributed by atoms with Gasteiger partial charge in [-0.15, -0.1) is 0 Å². The van der Waals surface area contributed by atoms with E-state index in [0.29, 0.717) is 23.5 Å². The Kier molecular flexibility index (Phi) is 5.18. The standard InChI is InChI=1S/C19H21N3O3/c1-25-17-7-3-2-6-16(17)21-19(24)20-14-9-11-15(12-10-14)22-13-5-4-8-18(22)23/h2-3,6-7,9-12H,4-5,8,13H2,1H3,(H2,20,21,24). The first-order valence-corrected chi connectivity index (χ1v) is 8.29. The second kappa shape index (κ2) is 7.70. The molecule has 0 aromatic heterocycles. The quantitative estimate of drug-likeness (QED) is 0.889. The first-order valence-electron chi connectivity index (χ1n) is 8.29. The van der Waals surface area contributed by atoms with Gasteiger partial charge in [-0.05, 0) is 49.2 Å². The Labute approximate surface area is 146 Å². The Morgan fingerprint density at radius 3 is 2.52 bits per heavy atom. The Morgan fingerprint density at radius 2 is 1.80 bits per heavy atom. The predicted octanol–water partition coefficient (Wildman–Crippen LogP) is 3.86. The molecule has 1 aliphatic rings. The molecule has 0 unspecified atom stereocenters. The number of piperidine rings is 1. The molecule has 1 heterocycles. The lowest BCUT2D eigenvalue weighted by Gasteiger charge is -2.26. The number of anilines is 3. The molecule has 1 aliphatic heterocycles. The van der Waals surface area contributed by atoms with Crippen LogP contribution in [0.5, 0.6) is 5.75 Å². The lowest BCUT2D eigenvalue weighted by atomic mass is 10.1. The molecule has 6 nitrogen and oxygen atoms in total. The molecule has 3 amide bonds. The normalized spacial score (nSPS) is 14.1. The minimum atomic E-state index is -0.355. The van der Waals surface area contributed by atoms with Gasteiger partial charge in [-0.25, -0.2) is 4.79 Å². The summed E-state index contributed by atoms with van der Waals surface area (Å²) in [5.74, 6) is 0.748. The summed E-state index contributed by atoms with van der Waals surface area (Å²) >= 11 is 0. The van der Waals surface area contributed by atoms with Crippen molar-refractivity contribution in [1.82, 2.24) is 0 Å². The molecule has 0 radical (unpaired) electrons. The minimum absolute atomic E-state index is 0.154. The van der Waals surface area contributed by atoms with Crippen LogP contribution < -0.4 is 20.3 Å². The van der Waals surface area contributed by atoms with E-state index < -0.39 is 0 Å². The van der Waals surface area contributed by atoms with Crippen molar-refractivity contribution in [2.45, 2.75) is 19.3 Å². The van der Waals surface area contributed by atoms with Crippen LogP contribution in [-0.4, -0.2) is 25.6 Å². The van der Waals surface area contributed by atoms with E-state index in [0.717, 1.165) is 25.1 Å². The molecule has 0 spiro atoms. The maximum Gasteiger partial charge on any atom is 0.323 e. The van der Waals surface area contributed by atoms with Crippen LogP contribution in [0.4, 0.5) is 21.9 Å². The molecule has 0 atom stereocenters. The molecular formula is C19H21N3O3. The molecule has 1 saturated heterocycles. The number of urea groups is 1. The third kappa shape index (κ3) is 4.09. The summed E-state index contributed by atoms with van der Waals surface area (Å²) in [7, 11) is 1.55. The number of nitrogens with one attached hydrogen (secondary N) is 2. The van der Waals surface area contributed by atoms with Gasteiger partial charge in [-0.3, -0.25) is 4.79 Å². The molecule has 1 fully saturated rings. The molecule has 2 aromatic rings. The lowest BCUT2D eigenvalue weighted by molar-refractivity contribution is -0.119. The smallest absolute Gasteiger partial charge is 0.323 e. The number of carbonyl (C=O) groups excluding carboxylic acids is 2. The average molecular weight is 339 g/mol. The molecule has 0 saturated carbocycles. The van der Waals surface area contributed by atoms with Crippen LogP contribution in [0.15, 0.2) is 48.5 Å². The van der Waals surface area contributed by atoms with Gasteiger partial charge < -0.3 is 20.3 Å². The van der Waals surface area contributed by atoms with Crippen LogP contribution >= 0.6 is 0 Å². The Balaban J connectivity index is 1.63. The molecule has 130 valence electrons. The largest absolute Gasteiger partial charge is 0.495 e. The van der Waals surface area contributed by atoms with Crippen molar-refractivity contribution in [1.29, 1.82) is 0 Å². The Morgan fingerprint density at radius 1 is 1.04 bits per heavy atom. The first-order chi connectivity index (χ1) is 12.2. The van der Waals surface area contributed by atoms with E-state index >= 15 is 0 Å². The van der Waals surface area contributed by atoms with E-state index in [-0.39, 0.29) is 11.9 Å². The number of hydrogen-bond acceptors (Lipinski definition) is 3. The molecule has 25 heavy (non-hydrogen) atoms. The van der Waals surface area contributed by atoms with Crippen molar-refractivity contribution in [3.05, 3.63) is 48.5 Å². The van der Waals surface area contributed by atoms with Gasteiger partial charge in [0.15, 0.2) is 0 Å². The number of nitrogens with zero attached hydrogens (tertiary/aromatic N) is 1. The predicted molar refractivity (Wildman–Crippen MR) is 98.3 cm³/mol. The summed E-state index contributed by atoms with van der Waals surface area (Å²) < 4.78 is 5.21. The number of ether oxygens (including phenoxy) is 1. The van der Waals surface area contributed by atoms with Crippen molar-refractivity contribution in [2.75, 3.05) is 29.2 Å². The Bertz CT molecular complexity index is 759. The lowest BCUT2D eigenvalue weighted by Crippen LogP contribution is -2.35. The van der Waals surface area contributed by atoms with Gasteiger partial charge in [0.05, 0.1) is 12.8 Å². The number of carbonyl (C=O) groups is 2. The summed E-state index contributed by atoms with van der Waals surface area (Å²) in [5.41, 5.74) is 2.11. The van der Waals surface area contributed by atoms with Crippen LogP contribution in [0, 0.1) is 0 Å². The van der Waals surface area contributed by atoms with Gasteiger partial charge >= 0.3 is 6.03 Å². The van der Waals surface area contributed by atoms with Crippen molar-refractivity contribution < 1.29 is 14.3 Å². The van der Waals surface area contributed by atoms with Crippen LogP contribution in [0.25, 0.3) is 0 Å². The number of methoxy groups -OCH3 is 1. The zero-order valence-electron chi connectivity index (χ0n) is 14.1. The van der Waals surface area contributed by atoms with E-state index in [2.05, 4.69) is 10.6 Å².